The van der Waals surface area contributed by atoms with E-state index < -0.39 is 24.0 Å². The van der Waals surface area contributed by atoms with Gasteiger partial charge in [0.15, 0.2) is 6.10 Å². The van der Waals surface area contributed by atoms with Crippen LogP contribution in [0.1, 0.15) is 24.1 Å². The average molecular weight is 414 g/mol. The van der Waals surface area contributed by atoms with Crippen LogP contribution in [0, 0.1) is 5.92 Å². The Bertz CT molecular complexity index is 1130. The van der Waals surface area contributed by atoms with Crippen LogP contribution in [0.25, 0.3) is 0 Å². The fourth-order valence-electron chi connectivity index (χ4n) is 4.40. The van der Waals surface area contributed by atoms with E-state index in [0.717, 1.165) is 12.0 Å². The first-order valence-electron chi connectivity index (χ1n) is 10.4. The topological polar surface area (TPSA) is 70.1 Å². The Hall–Kier alpha value is -3.64. The number of aryl methyl sites for hydroxylation is 1. The van der Waals surface area contributed by atoms with Crippen LogP contribution in [0.5, 0.6) is 5.75 Å². The van der Waals surface area contributed by atoms with Crippen LogP contribution in [-0.4, -0.2) is 23.0 Å². The monoisotopic (exact) mass is 414 g/mol. The number of carbonyl (C=O) groups excluding carboxylic acids is 2. The second-order valence-corrected chi connectivity index (χ2v) is 7.75. The molecule has 1 N–H and O–H groups in total. The van der Waals surface area contributed by atoms with Crippen molar-refractivity contribution < 1.29 is 19.5 Å². The van der Waals surface area contributed by atoms with E-state index in [1.807, 2.05) is 42.5 Å². The van der Waals surface area contributed by atoms with Gasteiger partial charge in [0.05, 0.1) is 17.4 Å². The zero-order chi connectivity index (χ0) is 21.5. The third-order valence-corrected chi connectivity index (χ3v) is 5.98. The van der Waals surface area contributed by atoms with Gasteiger partial charge < -0.3 is 5.11 Å². The summed E-state index contributed by atoms with van der Waals surface area (Å²) in [4.78, 5) is 34.1. The van der Waals surface area contributed by atoms with Crippen molar-refractivity contribution in [2.45, 2.75) is 25.5 Å². The molecule has 2 amide bonds. The Labute approximate surface area is 180 Å². The molecule has 0 radical (unpaired) electrons. The molecular formula is C25H22N2O4. The molecule has 6 nitrogen and oxygen atoms in total. The second-order valence-electron chi connectivity index (χ2n) is 7.75. The maximum atomic E-state index is 13.5. The molecule has 2 fully saturated rings. The fraction of sp³-hybridized carbons (Fsp3) is 0.200. The number of hydrogen-bond acceptors (Lipinski definition) is 5. The van der Waals surface area contributed by atoms with E-state index >= 15 is 0 Å². The Morgan fingerprint density at radius 2 is 1.52 bits per heavy atom. The van der Waals surface area contributed by atoms with Crippen molar-refractivity contribution in [3.05, 3.63) is 90.0 Å². The molecule has 3 aromatic rings. The largest absolute Gasteiger partial charge is 0.508 e. The number of para-hydroxylation sites is 2. The van der Waals surface area contributed by atoms with E-state index in [9.17, 15) is 14.7 Å². The van der Waals surface area contributed by atoms with E-state index in [1.165, 1.54) is 4.90 Å². The quantitative estimate of drug-likeness (QED) is 0.654. The summed E-state index contributed by atoms with van der Waals surface area (Å²) < 4.78 is 0. The normalized spacial score (nSPS) is 22.8. The summed E-state index contributed by atoms with van der Waals surface area (Å²) in [5.74, 6) is -1.43. The van der Waals surface area contributed by atoms with Gasteiger partial charge in [0.25, 0.3) is 5.91 Å². The minimum Gasteiger partial charge on any atom is -0.508 e. The van der Waals surface area contributed by atoms with Gasteiger partial charge >= 0.3 is 0 Å². The number of anilines is 2. The lowest BCUT2D eigenvalue weighted by Gasteiger charge is -2.29. The molecule has 0 spiro atoms. The highest BCUT2D eigenvalue weighted by Crippen LogP contribution is 2.49. The van der Waals surface area contributed by atoms with Crippen LogP contribution < -0.4 is 9.96 Å². The summed E-state index contributed by atoms with van der Waals surface area (Å²) in [6.45, 7) is 2.05. The standard InChI is InChI=1S/C25H22N2O4/c1-2-16-12-14-17(15-13-16)26-24(29)21-22(19-10-6-7-11-20(19)28)27(31-23(21)25(26)30)18-8-4-3-5-9-18/h3-15,21-23,28H,2H2,1H3/t21-,22-,23+/m0/s1. The highest BCUT2D eigenvalue weighted by atomic mass is 16.7. The molecule has 2 heterocycles. The molecule has 6 heteroatoms. The molecule has 2 aliphatic rings. The van der Waals surface area contributed by atoms with Gasteiger partial charge in [-0.3, -0.25) is 14.4 Å². The smallest absolute Gasteiger partial charge is 0.266 e. The lowest BCUT2D eigenvalue weighted by Crippen LogP contribution is -2.37. The first-order valence-corrected chi connectivity index (χ1v) is 10.4. The summed E-state index contributed by atoms with van der Waals surface area (Å²) in [7, 11) is 0. The Balaban J connectivity index is 1.58. The van der Waals surface area contributed by atoms with Crippen molar-refractivity contribution in [2.75, 3.05) is 9.96 Å². The van der Waals surface area contributed by atoms with Crippen molar-refractivity contribution in [1.29, 1.82) is 0 Å². The number of hydrogen-bond donors (Lipinski definition) is 1. The first kappa shape index (κ1) is 19.3. The maximum absolute atomic E-state index is 13.5. The van der Waals surface area contributed by atoms with E-state index in [-0.39, 0.29) is 11.7 Å². The number of amides is 2. The number of fused-ring (bicyclic) bond motifs is 1. The lowest BCUT2D eigenvalue weighted by molar-refractivity contribution is -0.126. The third-order valence-electron chi connectivity index (χ3n) is 5.98. The van der Waals surface area contributed by atoms with Gasteiger partial charge in [-0.25, -0.2) is 9.96 Å². The van der Waals surface area contributed by atoms with Gasteiger partial charge in [-0.15, -0.1) is 0 Å². The van der Waals surface area contributed by atoms with Gasteiger partial charge in [0, 0.05) is 5.56 Å². The molecule has 2 saturated heterocycles. The molecule has 156 valence electrons. The summed E-state index contributed by atoms with van der Waals surface area (Å²) in [5.41, 5.74) is 2.92. The van der Waals surface area contributed by atoms with Crippen molar-refractivity contribution in [1.82, 2.24) is 0 Å². The van der Waals surface area contributed by atoms with Crippen LogP contribution >= 0.6 is 0 Å². The van der Waals surface area contributed by atoms with E-state index in [1.54, 1.807) is 41.5 Å². The number of imide groups is 1. The zero-order valence-electron chi connectivity index (χ0n) is 17.0. The van der Waals surface area contributed by atoms with Crippen molar-refractivity contribution in [2.24, 2.45) is 5.92 Å². The highest BCUT2D eigenvalue weighted by molar-refractivity contribution is 6.23. The zero-order valence-corrected chi connectivity index (χ0v) is 17.0. The van der Waals surface area contributed by atoms with Crippen LogP contribution in [0.4, 0.5) is 11.4 Å². The summed E-state index contributed by atoms with van der Waals surface area (Å²) in [6.07, 6.45) is -0.0825. The number of nitrogens with zero attached hydrogens (tertiary/aromatic N) is 2. The number of carbonyl (C=O) groups is 2. The van der Waals surface area contributed by atoms with Crippen molar-refractivity contribution in [3.8, 4) is 5.75 Å². The second kappa shape index (κ2) is 7.56. The molecule has 31 heavy (non-hydrogen) atoms. The molecule has 2 aliphatic heterocycles. The first-order chi connectivity index (χ1) is 15.1. The minimum absolute atomic E-state index is 0.0590. The molecule has 3 atom stereocenters. The summed E-state index contributed by atoms with van der Waals surface area (Å²) in [5, 5.41) is 12.1. The lowest BCUT2D eigenvalue weighted by atomic mass is 9.90. The molecular weight excluding hydrogens is 392 g/mol. The van der Waals surface area contributed by atoms with E-state index in [4.69, 9.17) is 4.84 Å². The molecule has 5 rings (SSSR count). The van der Waals surface area contributed by atoms with Crippen LogP contribution in [0.15, 0.2) is 78.9 Å². The SMILES string of the molecule is CCc1ccc(N2C(=O)[C@@H]3[C@@H](ON(c4ccccc4)[C@H]3c3ccccc3O)C2=O)cc1. The number of phenolic OH excluding ortho intramolecular Hbond substituents is 1. The number of hydroxylamine groups is 1. The van der Waals surface area contributed by atoms with Crippen LogP contribution in [-0.2, 0) is 20.8 Å². The number of phenols is 1. The fourth-order valence-corrected chi connectivity index (χ4v) is 4.40. The highest BCUT2D eigenvalue weighted by Gasteiger charge is 2.60. The number of benzene rings is 3. The predicted octanol–water partition coefficient (Wildman–Crippen LogP) is 4.01. The van der Waals surface area contributed by atoms with Gasteiger partial charge in [0.1, 0.15) is 11.7 Å². The third kappa shape index (κ3) is 3.07. The minimum atomic E-state index is -0.955. The Kier molecular flexibility index (Phi) is 4.71. The Morgan fingerprint density at radius 1 is 0.839 bits per heavy atom. The van der Waals surface area contributed by atoms with Gasteiger partial charge in [-0.1, -0.05) is 55.5 Å². The van der Waals surface area contributed by atoms with Crippen molar-refractivity contribution in [3.63, 3.8) is 0 Å². The molecule has 0 bridgehead atoms. The predicted molar refractivity (Wildman–Crippen MR) is 116 cm³/mol. The van der Waals surface area contributed by atoms with E-state index in [2.05, 4.69) is 6.92 Å². The van der Waals surface area contributed by atoms with Gasteiger partial charge in [0.2, 0.25) is 5.91 Å². The summed E-state index contributed by atoms with van der Waals surface area (Å²) in [6, 6.07) is 23.0. The molecule has 0 unspecified atom stereocenters. The van der Waals surface area contributed by atoms with Crippen LogP contribution in [0.2, 0.25) is 0 Å². The maximum Gasteiger partial charge on any atom is 0.266 e. The number of aromatic hydroxyl groups is 1. The summed E-state index contributed by atoms with van der Waals surface area (Å²) >= 11 is 0. The average Bonchev–Trinajstić information content (AvgIpc) is 3.31. The molecule has 0 aromatic heterocycles. The number of rotatable bonds is 4. The van der Waals surface area contributed by atoms with Crippen LogP contribution in [0.3, 0.4) is 0 Å². The van der Waals surface area contributed by atoms with Gasteiger partial charge in [-0.05, 0) is 42.3 Å². The Morgan fingerprint density at radius 3 is 2.19 bits per heavy atom. The van der Waals surface area contributed by atoms with Gasteiger partial charge in [-0.2, -0.15) is 0 Å². The molecule has 0 saturated carbocycles. The van der Waals surface area contributed by atoms with Crippen molar-refractivity contribution >= 4 is 23.2 Å². The molecule has 3 aromatic carbocycles. The van der Waals surface area contributed by atoms with E-state index in [0.29, 0.717) is 16.9 Å². The molecule has 0 aliphatic carbocycles.